The summed E-state index contributed by atoms with van der Waals surface area (Å²) in [6, 6.07) is 3.86. The van der Waals surface area contributed by atoms with Gasteiger partial charge in [-0.25, -0.2) is 0 Å². The third-order valence-electron chi connectivity index (χ3n) is 3.44. The summed E-state index contributed by atoms with van der Waals surface area (Å²) in [5, 5.41) is 13.7. The summed E-state index contributed by atoms with van der Waals surface area (Å²) in [6.07, 6.45) is 4.52. The van der Waals surface area contributed by atoms with Gasteiger partial charge in [0.25, 0.3) is 0 Å². The van der Waals surface area contributed by atoms with Gasteiger partial charge in [-0.15, -0.1) is 11.3 Å². The van der Waals surface area contributed by atoms with Crippen LogP contribution in [0.5, 0.6) is 0 Å². The number of unbranched alkanes of at least 4 members (excludes halogenated alkanes) is 2. The first-order chi connectivity index (χ1) is 9.50. The molecule has 0 aliphatic heterocycles. The van der Waals surface area contributed by atoms with Crippen LogP contribution in [0.1, 0.15) is 44.4 Å². The lowest BCUT2D eigenvalue weighted by Gasteiger charge is -2.17. The lowest BCUT2D eigenvalue weighted by molar-refractivity contribution is -0.142. The summed E-state index contributed by atoms with van der Waals surface area (Å²) < 4.78 is 0. The highest BCUT2D eigenvalue weighted by Crippen LogP contribution is 2.13. The van der Waals surface area contributed by atoms with Crippen LogP contribution in [0, 0.1) is 5.92 Å². The number of thiophene rings is 1. The van der Waals surface area contributed by atoms with Gasteiger partial charge in [0.15, 0.2) is 0 Å². The molecular formula is C15H23NO3S. The van der Waals surface area contributed by atoms with Gasteiger partial charge in [0.1, 0.15) is 0 Å². The van der Waals surface area contributed by atoms with E-state index in [0.717, 1.165) is 25.7 Å². The molecule has 0 bridgehead atoms. The number of nitrogens with one attached hydrogen (secondary N) is 1. The molecular weight excluding hydrogens is 274 g/mol. The number of hydrogen-bond donors (Lipinski definition) is 2. The quantitative estimate of drug-likeness (QED) is 0.688. The number of aryl methyl sites for hydroxylation is 1. The van der Waals surface area contributed by atoms with Crippen LogP contribution in [-0.4, -0.2) is 23.0 Å². The summed E-state index contributed by atoms with van der Waals surface area (Å²) in [5.41, 5.74) is 0. The van der Waals surface area contributed by atoms with Crippen molar-refractivity contribution >= 4 is 23.2 Å². The second-order valence-corrected chi connectivity index (χ2v) is 6.16. The summed E-state index contributed by atoms with van der Waals surface area (Å²) in [7, 11) is 0. The number of carboxylic acids is 1. The standard InChI is InChI=1S/C15H23NO3S/c1-11(15(18)19)12(2)16-14(17)9-5-3-4-7-13-8-6-10-20-13/h6,8,10-12H,3-5,7,9H2,1-2H3,(H,16,17)(H,18,19). The average molecular weight is 297 g/mol. The van der Waals surface area contributed by atoms with Crippen LogP contribution in [0.2, 0.25) is 0 Å². The molecule has 112 valence electrons. The second-order valence-electron chi connectivity index (χ2n) is 5.12. The molecule has 5 heteroatoms. The maximum atomic E-state index is 11.7. The first kappa shape index (κ1) is 16.7. The highest BCUT2D eigenvalue weighted by Gasteiger charge is 2.20. The minimum atomic E-state index is -0.881. The molecule has 1 heterocycles. The summed E-state index contributed by atoms with van der Waals surface area (Å²) in [5.74, 6) is -1.49. The molecule has 0 aliphatic carbocycles. The smallest absolute Gasteiger partial charge is 0.308 e. The minimum Gasteiger partial charge on any atom is -0.481 e. The van der Waals surface area contributed by atoms with Gasteiger partial charge in [-0.2, -0.15) is 0 Å². The third kappa shape index (κ3) is 6.19. The largest absolute Gasteiger partial charge is 0.481 e. The van der Waals surface area contributed by atoms with Crippen LogP contribution < -0.4 is 5.32 Å². The van der Waals surface area contributed by atoms with Gasteiger partial charge >= 0.3 is 5.97 Å². The number of carbonyl (C=O) groups excluding carboxylic acids is 1. The Morgan fingerprint density at radius 3 is 2.65 bits per heavy atom. The van der Waals surface area contributed by atoms with Gasteiger partial charge < -0.3 is 10.4 Å². The normalized spacial score (nSPS) is 13.7. The Bertz CT molecular complexity index is 417. The zero-order chi connectivity index (χ0) is 15.0. The predicted octanol–water partition coefficient (Wildman–Crippen LogP) is 3.08. The van der Waals surface area contributed by atoms with Crippen molar-refractivity contribution in [3.8, 4) is 0 Å². The molecule has 2 N–H and O–H groups in total. The molecule has 0 fully saturated rings. The number of rotatable bonds is 9. The maximum Gasteiger partial charge on any atom is 0.308 e. The summed E-state index contributed by atoms with van der Waals surface area (Å²) in [4.78, 5) is 23.8. The van der Waals surface area contributed by atoms with E-state index in [0.29, 0.717) is 6.42 Å². The second kappa shape index (κ2) is 8.74. The summed E-state index contributed by atoms with van der Waals surface area (Å²) in [6.45, 7) is 3.34. The number of amides is 1. The zero-order valence-corrected chi connectivity index (χ0v) is 12.9. The Morgan fingerprint density at radius 1 is 1.30 bits per heavy atom. The number of aliphatic carboxylic acids is 1. The maximum absolute atomic E-state index is 11.7. The molecule has 2 unspecified atom stereocenters. The van der Waals surface area contributed by atoms with E-state index in [4.69, 9.17) is 5.11 Å². The fraction of sp³-hybridized carbons (Fsp3) is 0.600. The van der Waals surface area contributed by atoms with E-state index in [1.807, 2.05) is 0 Å². The average Bonchev–Trinajstić information content (AvgIpc) is 2.90. The number of carbonyl (C=O) groups is 2. The molecule has 0 radical (unpaired) electrons. The van der Waals surface area contributed by atoms with Gasteiger partial charge in [0.05, 0.1) is 5.92 Å². The Labute approximate surface area is 124 Å². The van der Waals surface area contributed by atoms with E-state index in [1.165, 1.54) is 4.88 Å². The topological polar surface area (TPSA) is 66.4 Å². The lowest BCUT2D eigenvalue weighted by Crippen LogP contribution is -2.39. The van der Waals surface area contributed by atoms with E-state index in [2.05, 4.69) is 22.8 Å². The van der Waals surface area contributed by atoms with Crippen molar-refractivity contribution in [3.63, 3.8) is 0 Å². The minimum absolute atomic E-state index is 0.0540. The van der Waals surface area contributed by atoms with Crippen LogP contribution >= 0.6 is 11.3 Å². The Balaban J connectivity index is 2.09. The van der Waals surface area contributed by atoms with Crippen molar-refractivity contribution in [2.45, 2.75) is 52.0 Å². The summed E-state index contributed by atoms with van der Waals surface area (Å²) >= 11 is 1.77. The van der Waals surface area contributed by atoms with Gasteiger partial charge in [-0.05, 0) is 44.6 Å². The molecule has 1 amide bonds. The Morgan fingerprint density at radius 2 is 2.05 bits per heavy atom. The van der Waals surface area contributed by atoms with Gasteiger partial charge in [0.2, 0.25) is 5.91 Å². The highest BCUT2D eigenvalue weighted by atomic mass is 32.1. The van der Waals surface area contributed by atoms with Crippen LogP contribution in [0.3, 0.4) is 0 Å². The van der Waals surface area contributed by atoms with Crippen LogP contribution in [0.4, 0.5) is 0 Å². The van der Waals surface area contributed by atoms with Crippen molar-refractivity contribution < 1.29 is 14.7 Å². The van der Waals surface area contributed by atoms with Crippen molar-refractivity contribution in [2.75, 3.05) is 0 Å². The molecule has 4 nitrogen and oxygen atoms in total. The Kier molecular flexibility index (Phi) is 7.30. The molecule has 1 aromatic rings. The number of carboxylic acid groups (broad SMARTS) is 1. The van der Waals surface area contributed by atoms with E-state index in [9.17, 15) is 9.59 Å². The van der Waals surface area contributed by atoms with Crippen molar-refractivity contribution in [2.24, 2.45) is 5.92 Å². The van der Waals surface area contributed by atoms with E-state index in [1.54, 1.807) is 25.2 Å². The van der Waals surface area contributed by atoms with Crippen LogP contribution in [0.15, 0.2) is 17.5 Å². The Hall–Kier alpha value is -1.36. The van der Waals surface area contributed by atoms with Gasteiger partial charge in [-0.3, -0.25) is 9.59 Å². The van der Waals surface area contributed by atoms with E-state index < -0.39 is 11.9 Å². The van der Waals surface area contributed by atoms with Crippen LogP contribution in [0.25, 0.3) is 0 Å². The monoisotopic (exact) mass is 297 g/mol. The van der Waals surface area contributed by atoms with E-state index >= 15 is 0 Å². The first-order valence-corrected chi connectivity index (χ1v) is 7.93. The molecule has 0 saturated heterocycles. The third-order valence-corrected chi connectivity index (χ3v) is 4.37. The van der Waals surface area contributed by atoms with E-state index in [-0.39, 0.29) is 11.9 Å². The van der Waals surface area contributed by atoms with Gasteiger partial charge in [-0.1, -0.05) is 12.5 Å². The predicted molar refractivity (Wildman–Crippen MR) is 80.9 cm³/mol. The molecule has 1 rings (SSSR count). The molecule has 0 aromatic carbocycles. The zero-order valence-electron chi connectivity index (χ0n) is 12.1. The van der Waals surface area contributed by atoms with Crippen molar-refractivity contribution in [1.29, 1.82) is 0 Å². The molecule has 0 saturated carbocycles. The fourth-order valence-electron chi connectivity index (χ4n) is 1.88. The molecule has 20 heavy (non-hydrogen) atoms. The molecule has 0 aliphatic rings. The fourth-order valence-corrected chi connectivity index (χ4v) is 2.63. The molecule has 1 aromatic heterocycles. The number of hydrogen-bond acceptors (Lipinski definition) is 3. The van der Waals surface area contributed by atoms with Crippen LogP contribution in [-0.2, 0) is 16.0 Å². The first-order valence-electron chi connectivity index (χ1n) is 7.05. The highest BCUT2D eigenvalue weighted by molar-refractivity contribution is 7.09. The lowest BCUT2D eigenvalue weighted by atomic mass is 10.0. The van der Waals surface area contributed by atoms with Crippen molar-refractivity contribution in [1.82, 2.24) is 5.32 Å². The molecule has 2 atom stereocenters. The van der Waals surface area contributed by atoms with Gasteiger partial charge in [0, 0.05) is 17.3 Å². The van der Waals surface area contributed by atoms with Crippen molar-refractivity contribution in [3.05, 3.63) is 22.4 Å². The SMILES string of the molecule is CC(NC(=O)CCCCCc1cccs1)C(C)C(=O)O. The molecule has 0 spiro atoms.